The van der Waals surface area contributed by atoms with Gasteiger partial charge >= 0.3 is 26.1 Å². The monoisotopic (exact) mass is 1220 g/mol. The highest BCUT2D eigenvalue weighted by atomic mass is 31.2. The molecule has 0 aliphatic carbocycles. The molecule has 5 amide bonds. The van der Waals surface area contributed by atoms with Gasteiger partial charge in [0.25, 0.3) is 0 Å². The fourth-order valence-corrected chi connectivity index (χ4v) is 11.7. The van der Waals surface area contributed by atoms with Crippen molar-refractivity contribution in [3.05, 3.63) is 191 Å². The molecule has 1 fully saturated rings. The van der Waals surface area contributed by atoms with Crippen LogP contribution in [0.2, 0.25) is 0 Å². The summed E-state index contributed by atoms with van der Waals surface area (Å²) in [7, 11) is -3.04. The highest BCUT2D eigenvalue weighted by Gasteiger charge is 2.46. The maximum Gasteiger partial charge on any atom is 0.509 e. The lowest BCUT2D eigenvalue weighted by atomic mass is 9.84. The number of rotatable bonds is 26. The van der Waals surface area contributed by atoms with Crippen molar-refractivity contribution in [1.82, 2.24) is 35.7 Å². The standard InChI is InChI=1S/C68H86N7O12P/c1-65(2,3)58(73-62(78)82-12)60(76)71-53(41-48-34-36-51(37-35-48)54-32-22-23-38-69-54)43-56(85-64(80)86-67(7,8)9)55(42-47-25-16-13-17-26-47)72-61(77)59(66(4,5)6)75-40-39-74(63(75)79)44-52-31-24-33-57(70-52)68(10,11)87-88(81,83-45-49-27-18-14-19-28-49)84-46-50-29-20-15-21-30-50/h13-38,53,55-56,58-59H,39-46H2,1-12H3,(H,71,76)(H,72,77)(H,73,78)/t53-,55-,56-,58+,59+/m0/s1. The molecule has 1 saturated heterocycles. The molecule has 88 heavy (non-hydrogen) atoms. The number of urea groups is 1. The van der Waals surface area contributed by atoms with Crippen LogP contribution in [0.4, 0.5) is 14.4 Å². The Balaban J connectivity index is 1.17. The summed E-state index contributed by atoms with van der Waals surface area (Å²) in [5, 5.41) is 9.13. The summed E-state index contributed by atoms with van der Waals surface area (Å²) >= 11 is 0. The fourth-order valence-electron chi connectivity index (χ4n) is 10.3. The zero-order chi connectivity index (χ0) is 63.9. The number of nitrogens with zero attached hydrogens (tertiary/aromatic N) is 4. The van der Waals surface area contributed by atoms with Gasteiger partial charge in [0.05, 0.1) is 50.0 Å². The van der Waals surface area contributed by atoms with Gasteiger partial charge in [-0.25, -0.2) is 18.9 Å². The second-order valence-corrected chi connectivity index (χ2v) is 27.3. The van der Waals surface area contributed by atoms with Gasteiger partial charge in [0.2, 0.25) is 11.8 Å². The van der Waals surface area contributed by atoms with E-state index in [1.807, 2.05) is 175 Å². The molecule has 3 N–H and O–H groups in total. The number of carbonyl (C=O) groups is 5. The molecule has 3 heterocycles. The lowest BCUT2D eigenvalue weighted by Crippen LogP contribution is -2.60. The van der Waals surface area contributed by atoms with Crippen LogP contribution in [0.15, 0.2) is 158 Å². The van der Waals surface area contributed by atoms with Crippen molar-refractivity contribution in [3.8, 4) is 11.3 Å². The van der Waals surface area contributed by atoms with Crippen molar-refractivity contribution < 1.29 is 56.3 Å². The fraction of sp³-hybridized carbons (Fsp3) is 0.426. The number of aromatic nitrogens is 2. The van der Waals surface area contributed by atoms with Gasteiger partial charge < -0.3 is 40.0 Å². The van der Waals surface area contributed by atoms with Gasteiger partial charge in [-0.15, -0.1) is 0 Å². The number of hydrogen-bond donors (Lipinski definition) is 3. The van der Waals surface area contributed by atoms with Crippen molar-refractivity contribution in [3.63, 3.8) is 0 Å². The molecular formula is C68H86N7O12P. The van der Waals surface area contributed by atoms with Crippen LogP contribution >= 0.6 is 7.82 Å². The Morgan fingerprint density at radius 2 is 1.20 bits per heavy atom. The first-order valence-electron chi connectivity index (χ1n) is 29.7. The molecule has 0 radical (unpaired) electrons. The van der Waals surface area contributed by atoms with Gasteiger partial charge in [-0.1, -0.05) is 169 Å². The normalized spacial score (nSPS) is 14.9. The molecule has 1 aliphatic rings. The molecule has 1 aliphatic heterocycles. The molecule has 4 aromatic carbocycles. The Morgan fingerprint density at radius 3 is 1.75 bits per heavy atom. The maximum absolute atomic E-state index is 15.5. The predicted molar refractivity (Wildman–Crippen MR) is 336 cm³/mol. The van der Waals surface area contributed by atoms with E-state index in [-0.39, 0.29) is 52.1 Å². The number of alkyl carbamates (subject to hydrolysis) is 1. The number of pyridine rings is 2. The number of carbonyl (C=O) groups excluding carboxylic acids is 5. The van der Waals surface area contributed by atoms with Crippen molar-refractivity contribution >= 4 is 37.9 Å². The minimum absolute atomic E-state index is 0.0347. The lowest BCUT2D eigenvalue weighted by Gasteiger charge is -2.39. The number of methoxy groups -OCH3 is 1. The van der Waals surface area contributed by atoms with Crippen LogP contribution in [0.5, 0.6) is 0 Å². The molecule has 2 aromatic heterocycles. The molecule has 7 rings (SSSR count). The zero-order valence-corrected chi connectivity index (χ0v) is 53.6. The van der Waals surface area contributed by atoms with E-state index >= 15 is 4.79 Å². The largest absolute Gasteiger partial charge is 0.509 e. The average Bonchev–Trinajstić information content (AvgIpc) is 3.80. The molecule has 0 saturated carbocycles. The molecule has 470 valence electrons. The van der Waals surface area contributed by atoms with Crippen LogP contribution in [0.1, 0.15) is 116 Å². The van der Waals surface area contributed by atoms with Crippen LogP contribution in [0.25, 0.3) is 11.3 Å². The third kappa shape index (κ3) is 20.0. The van der Waals surface area contributed by atoms with E-state index in [2.05, 4.69) is 20.9 Å². The van der Waals surface area contributed by atoms with Crippen molar-refractivity contribution in [1.29, 1.82) is 0 Å². The van der Waals surface area contributed by atoms with Crippen molar-refractivity contribution in [2.45, 2.75) is 157 Å². The molecule has 0 spiro atoms. The summed E-state index contributed by atoms with van der Waals surface area (Å²) in [6, 6.07) is 42.4. The Morgan fingerprint density at radius 1 is 0.625 bits per heavy atom. The van der Waals surface area contributed by atoms with Gasteiger partial charge in [-0.2, -0.15) is 0 Å². The number of amides is 5. The summed E-state index contributed by atoms with van der Waals surface area (Å²) in [6.07, 6.45) is -0.919. The molecular weight excluding hydrogens is 1140 g/mol. The van der Waals surface area contributed by atoms with Crippen LogP contribution in [-0.2, 0) is 80.1 Å². The van der Waals surface area contributed by atoms with Crippen molar-refractivity contribution in [2.75, 3.05) is 20.2 Å². The zero-order valence-electron chi connectivity index (χ0n) is 52.7. The van der Waals surface area contributed by atoms with E-state index in [4.69, 9.17) is 32.8 Å². The van der Waals surface area contributed by atoms with Gasteiger partial charge in [-0.3, -0.25) is 33.1 Å². The van der Waals surface area contributed by atoms with E-state index in [1.54, 1.807) is 68.8 Å². The van der Waals surface area contributed by atoms with E-state index in [0.717, 1.165) is 33.5 Å². The first-order chi connectivity index (χ1) is 41.6. The van der Waals surface area contributed by atoms with Gasteiger partial charge in [0.1, 0.15) is 29.4 Å². The van der Waals surface area contributed by atoms with E-state index < -0.39 is 90.2 Å². The van der Waals surface area contributed by atoms with E-state index in [0.29, 0.717) is 11.4 Å². The Hall–Kier alpha value is -7.96. The molecule has 6 aromatic rings. The SMILES string of the molecule is COC(=O)N[C@H](C(=O)N[C@@H](Cc1ccc(-c2ccccn2)cc1)C[C@H](OC(=O)OC(C)(C)C)[C@H](Cc1ccccc1)NC(=O)[C@@H](N1CCN(Cc2cccc(C(C)(C)OP(=O)(OCc3ccccc3)OCc3ccccc3)n2)C1=O)C(C)(C)C)C(C)(C)C. The van der Waals surface area contributed by atoms with Crippen LogP contribution in [0, 0.1) is 10.8 Å². The Labute approximate surface area is 518 Å². The van der Waals surface area contributed by atoms with Crippen molar-refractivity contribution in [2.24, 2.45) is 10.8 Å². The first kappa shape index (κ1) is 67.5. The first-order valence-corrected chi connectivity index (χ1v) is 31.1. The number of ether oxygens (including phenoxy) is 3. The second kappa shape index (κ2) is 29.8. The number of phosphoric ester groups is 1. The topological polar surface area (TPSA) is 226 Å². The minimum Gasteiger partial charge on any atom is -0.453 e. The van der Waals surface area contributed by atoms with Crippen LogP contribution < -0.4 is 16.0 Å². The summed E-state index contributed by atoms with van der Waals surface area (Å²) < 4.78 is 49.8. The molecule has 19 nitrogen and oxygen atoms in total. The van der Waals surface area contributed by atoms with Gasteiger partial charge in [0, 0.05) is 37.3 Å². The molecule has 20 heteroatoms. The summed E-state index contributed by atoms with van der Waals surface area (Å²) in [4.78, 5) is 84.3. The third-order valence-electron chi connectivity index (χ3n) is 14.6. The highest BCUT2D eigenvalue weighted by Crippen LogP contribution is 2.56. The predicted octanol–water partition coefficient (Wildman–Crippen LogP) is 12.5. The minimum atomic E-state index is -4.26. The molecule has 0 bridgehead atoms. The van der Waals surface area contributed by atoms with Gasteiger partial charge in [0.15, 0.2) is 0 Å². The Kier molecular flexibility index (Phi) is 22.9. The van der Waals surface area contributed by atoms with Crippen LogP contribution in [-0.4, -0.2) is 106 Å². The smallest absolute Gasteiger partial charge is 0.453 e. The second-order valence-electron chi connectivity index (χ2n) is 25.7. The maximum atomic E-state index is 15.5. The molecule has 5 atom stereocenters. The van der Waals surface area contributed by atoms with E-state index in [1.165, 1.54) is 7.11 Å². The number of phosphoric acid groups is 1. The van der Waals surface area contributed by atoms with E-state index in [9.17, 15) is 23.7 Å². The van der Waals surface area contributed by atoms with Gasteiger partial charge in [-0.05, 0) is 105 Å². The summed E-state index contributed by atoms with van der Waals surface area (Å²) in [6.45, 7) is 20.1. The number of hydrogen-bond acceptors (Lipinski definition) is 14. The molecule has 0 unspecified atom stereocenters. The Bertz CT molecular complexity index is 3250. The third-order valence-corrected chi connectivity index (χ3v) is 16.2. The summed E-state index contributed by atoms with van der Waals surface area (Å²) in [5.41, 5.74) is 1.82. The number of benzene rings is 4. The lowest BCUT2D eigenvalue weighted by molar-refractivity contribution is -0.131. The average molecular weight is 1220 g/mol. The summed E-state index contributed by atoms with van der Waals surface area (Å²) in [5.74, 6) is -1.02. The van der Waals surface area contributed by atoms with Crippen LogP contribution in [0.3, 0.4) is 0 Å². The highest BCUT2D eigenvalue weighted by molar-refractivity contribution is 7.48. The number of nitrogens with one attached hydrogen (secondary N) is 3. The quantitative estimate of drug-likeness (QED) is 0.0339.